The van der Waals surface area contributed by atoms with Crippen LogP contribution >= 0.6 is 15.9 Å². The summed E-state index contributed by atoms with van der Waals surface area (Å²) in [5.41, 5.74) is 0.726. The number of halogens is 1. The summed E-state index contributed by atoms with van der Waals surface area (Å²) in [7, 11) is -4.47. The Morgan fingerprint density at radius 3 is 1.65 bits per heavy atom. The fraction of sp³-hybridized carbons (Fsp3) is 0.200. The summed E-state index contributed by atoms with van der Waals surface area (Å²) in [6, 6.07) is 8.74. The second-order valence-corrected chi connectivity index (χ2v) is 11.0. The molecule has 0 unspecified atom stereocenters. The minimum Gasteiger partial charge on any atom is -0.465 e. The lowest BCUT2D eigenvalue weighted by Gasteiger charge is -2.06. The molecule has 0 aliphatic carbocycles. The van der Waals surface area contributed by atoms with Gasteiger partial charge in [0.05, 0.1) is 35.1 Å². The number of hydrogen-bond donors (Lipinski definition) is 0. The number of rotatable bonds is 5. The molecule has 0 aliphatic heterocycles. The lowest BCUT2D eigenvalue weighted by Crippen LogP contribution is -2.09. The van der Waals surface area contributed by atoms with Gasteiger partial charge in [-0.15, -0.1) is 0 Å². The molecule has 0 amide bonds. The van der Waals surface area contributed by atoms with Gasteiger partial charge < -0.3 is 9.47 Å². The molecule has 2 rings (SSSR count). The van der Waals surface area contributed by atoms with E-state index in [1.165, 1.54) is 44.6 Å². The maximum Gasteiger partial charge on any atom is 0.339 e. The van der Waals surface area contributed by atoms with E-state index in [1.54, 1.807) is 12.1 Å². The fourth-order valence-electron chi connectivity index (χ4n) is 2.36. The lowest BCUT2D eigenvalue weighted by atomic mass is 10.1. The van der Waals surface area contributed by atoms with Gasteiger partial charge in [-0.1, -0.05) is 34.7 Å². The summed E-state index contributed by atoms with van der Waals surface area (Å²) in [5, 5.41) is 0. The molecule has 0 radical (unpaired) electrons. The second-order valence-electron chi connectivity index (χ2n) is 6.13. The van der Waals surface area contributed by atoms with E-state index in [9.17, 15) is 26.4 Å². The van der Waals surface area contributed by atoms with Crippen LogP contribution in [0.1, 0.15) is 26.3 Å². The lowest BCUT2D eigenvalue weighted by molar-refractivity contribution is 0.0587. The van der Waals surface area contributed by atoms with Gasteiger partial charge >= 0.3 is 11.9 Å². The number of hydrogen-bond acceptors (Lipinski definition) is 8. The van der Waals surface area contributed by atoms with Crippen LogP contribution < -0.4 is 0 Å². The first-order valence-corrected chi connectivity index (χ1v) is 13.0. The largest absolute Gasteiger partial charge is 0.465 e. The van der Waals surface area contributed by atoms with Crippen LogP contribution in [0.4, 0.5) is 0 Å². The van der Waals surface area contributed by atoms with Crippen molar-refractivity contribution in [2.24, 2.45) is 0 Å². The summed E-state index contributed by atoms with van der Waals surface area (Å²) >= 11 is 3.16. The highest BCUT2D eigenvalue weighted by atomic mass is 79.9. The van der Waals surface area contributed by atoms with E-state index in [-0.39, 0.29) is 20.9 Å². The summed E-state index contributed by atoms with van der Waals surface area (Å²) in [5.74, 6) is -1.35. The van der Waals surface area contributed by atoms with Gasteiger partial charge in [0.2, 0.25) is 0 Å². The quantitative estimate of drug-likeness (QED) is 0.538. The Morgan fingerprint density at radius 1 is 0.839 bits per heavy atom. The Hall–Kier alpha value is -2.50. The first-order valence-electron chi connectivity index (χ1n) is 8.39. The van der Waals surface area contributed by atoms with Crippen molar-refractivity contribution in [2.75, 3.05) is 26.7 Å². The van der Waals surface area contributed by atoms with Crippen molar-refractivity contribution in [3.63, 3.8) is 0 Å². The third kappa shape index (κ3) is 7.30. The molecule has 2 aromatic rings. The zero-order chi connectivity index (χ0) is 24.0. The van der Waals surface area contributed by atoms with E-state index in [2.05, 4.69) is 32.0 Å². The highest BCUT2D eigenvalue weighted by molar-refractivity contribution is 9.10. The molecule has 0 saturated heterocycles. The average Bonchev–Trinajstić information content (AvgIpc) is 2.70. The predicted octanol–water partition coefficient (Wildman–Crippen LogP) is 3.16. The van der Waals surface area contributed by atoms with Crippen molar-refractivity contribution in [3.8, 4) is 0 Å². The standard InChI is InChI=1S/C11H12O4S.C9H9BrO4S/c1-4-8-5-6-10(16(3,13)14)9(7-8)11(12)15-2;1-14-9(11)7-5-6(10)3-4-8(7)15(2,12)13/h4-7H,1H2,2-3H3;3-5H,1-2H3. The molecule has 0 spiro atoms. The van der Waals surface area contributed by atoms with Crippen molar-refractivity contribution >= 4 is 53.6 Å². The van der Waals surface area contributed by atoms with E-state index in [0.717, 1.165) is 12.5 Å². The number of esters is 2. The monoisotopic (exact) mass is 532 g/mol. The SMILES string of the molecule is C=Cc1ccc(S(C)(=O)=O)c(C(=O)OC)c1.COC(=O)c1cc(Br)ccc1S(C)(=O)=O. The van der Waals surface area contributed by atoms with Gasteiger partial charge in [0.25, 0.3) is 0 Å². The summed E-state index contributed by atoms with van der Waals surface area (Å²) in [6.45, 7) is 3.55. The zero-order valence-corrected chi connectivity index (χ0v) is 20.4. The molecular weight excluding hydrogens is 512 g/mol. The Balaban J connectivity index is 0.000000311. The van der Waals surface area contributed by atoms with Crippen LogP contribution in [0.15, 0.2) is 57.2 Å². The Labute approximate surface area is 189 Å². The number of methoxy groups -OCH3 is 2. The zero-order valence-electron chi connectivity index (χ0n) is 17.2. The number of carbonyl (C=O) groups is 2. The third-order valence-corrected chi connectivity index (χ3v) is 6.59. The maximum atomic E-state index is 11.4. The van der Waals surface area contributed by atoms with Gasteiger partial charge in [0.15, 0.2) is 19.7 Å². The Bertz CT molecular complexity index is 1220. The molecule has 0 aliphatic rings. The van der Waals surface area contributed by atoms with Crippen LogP contribution in [-0.4, -0.2) is 55.5 Å². The number of carbonyl (C=O) groups excluding carboxylic acids is 2. The predicted molar refractivity (Wildman–Crippen MR) is 120 cm³/mol. The van der Waals surface area contributed by atoms with Crippen LogP contribution in [-0.2, 0) is 29.1 Å². The molecule has 0 N–H and O–H groups in total. The minimum atomic E-state index is -3.45. The summed E-state index contributed by atoms with van der Waals surface area (Å²) in [6.07, 6.45) is 3.61. The van der Waals surface area contributed by atoms with Crippen molar-refractivity contribution < 1.29 is 35.9 Å². The van der Waals surface area contributed by atoms with E-state index < -0.39 is 31.6 Å². The van der Waals surface area contributed by atoms with Crippen LogP contribution in [0.25, 0.3) is 6.08 Å². The molecule has 8 nitrogen and oxygen atoms in total. The van der Waals surface area contributed by atoms with E-state index in [0.29, 0.717) is 10.0 Å². The second kappa shape index (κ2) is 10.7. The fourth-order valence-corrected chi connectivity index (χ4v) is 4.44. The highest BCUT2D eigenvalue weighted by Gasteiger charge is 2.20. The molecule has 0 fully saturated rings. The molecule has 0 atom stereocenters. The Kier molecular flexibility index (Phi) is 9.15. The molecule has 0 bridgehead atoms. The van der Waals surface area contributed by atoms with Crippen molar-refractivity contribution in [3.05, 3.63) is 64.1 Å². The Morgan fingerprint density at radius 2 is 1.26 bits per heavy atom. The maximum absolute atomic E-state index is 11.4. The van der Waals surface area contributed by atoms with Gasteiger partial charge in [-0.25, -0.2) is 26.4 Å². The number of ether oxygens (including phenoxy) is 2. The normalized spacial score (nSPS) is 11.0. The molecule has 2 aromatic carbocycles. The van der Waals surface area contributed by atoms with Gasteiger partial charge in [-0.3, -0.25) is 0 Å². The van der Waals surface area contributed by atoms with E-state index in [1.807, 2.05) is 0 Å². The molecule has 0 heterocycles. The van der Waals surface area contributed by atoms with Gasteiger partial charge in [0.1, 0.15) is 0 Å². The van der Waals surface area contributed by atoms with Crippen LogP contribution in [0.5, 0.6) is 0 Å². The van der Waals surface area contributed by atoms with Crippen LogP contribution in [0.2, 0.25) is 0 Å². The molecule has 168 valence electrons. The molecule has 31 heavy (non-hydrogen) atoms. The smallest absolute Gasteiger partial charge is 0.339 e. The van der Waals surface area contributed by atoms with E-state index >= 15 is 0 Å². The first-order chi connectivity index (χ1) is 14.3. The first kappa shape index (κ1) is 26.5. The van der Waals surface area contributed by atoms with Gasteiger partial charge in [-0.2, -0.15) is 0 Å². The average molecular weight is 533 g/mol. The number of sulfone groups is 2. The molecule has 11 heteroatoms. The molecule has 0 aromatic heterocycles. The summed E-state index contributed by atoms with van der Waals surface area (Å²) < 4.78 is 55.3. The van der Waals surface area contributed by atoms with Crippen molar-refractivity contribution in [1.82, 2.24) is 0 Å². The minimum absolute atomic E-state index is 0.0300. The van der Waals surface area contributed by atoms with Gasteiger partial charge in [0, 0.05) is 17.0 Å². The van der Waals surface area contributed by atoms with E-state index in [4.69, 9.17) is 0 Å². The highest BCUT2D eigenvalue weighted by Crippen LogP contribution is 2.21. The van der Waals surface area contributed by atoms with Crippen molar-refractivity contribution in [1.29, 1.82) is 0 Å². The van der Waals surface area contributed by atoms with Crippen LogP contribution in [0.3, 0.4) is 0 Å². The van der Waals surface area contributed by atoms with Crippen molar-refractivity contribution in [2.45, 2.75) is 9.79 Å². The topological polar surface area (TPSA) is 121 Å². The summed E-state index contributed by atoms with van der Waals surface area (Å²) in [4.78, 5) is 22.7. The molecular formula is C20H21BrO8S2. The molecule has 0 saturated carbocycles. The van der Waals surface area contributed by atoms with Crippen LogP contribution in [0, 0.1) is 0 Å². The number of benzene rings is 2. The van der Waals surface area contributed by atoms with Gasteiger partial charge in [-0.05, 0) is 35.9 Å². The third-order valence-electron chi connectivity index (χ3n) is 3.79.